The van der Waals surface area contributed by atoms with Gasteiger partial charge in [0.2, 0.25) is 0 Å². The number of nitrogens with one attached hydrogen (secondary N) is 1. The standard InChI is InChI=1S/C19H22F2N2O2S/c1-3-6-13(2)23-11-14-7-4-9-17(15(14)12-23)22-26(24,25)18-10-5-8-16(20)19(18)21/h4-5,7-10,13,22H,3,6,11-12H2,1-2H3/t13-/m0/s1. The molecule has 1 N–H and O–H groups in total. The molecule has 0 amide bonds. The Kier molecular flexibility index (Phi) is 5.29. The zero-order valence-electron chi connectivity index (χ0n) is 14.8. The average molecular weight is 380 g/mol. The summed E-state index contributed by atoms with van der Waals surface area (Å²) in [6.45, 7) is 5.66. The minimum atomic E-state index is -4.22. The van der Waals surface area contributed by atoms with Crippen molar-refractivity contribution in [1.29, 1.82) is 0 Å². The molecule has 0 aliphatic carbocycles. The first-order chi connectivity index (χ1) is 12.3. The van der Waals surface area contributed by atoms with Crippen molar-refractivity contribution in [3.8, 4) is 0 Å². The highest BCUT2D eigenvalue weighted by molar-refractivity contribution is 7.92. The van der Waals surface area contributed by atoms with Gasteiger partial charge in [-0.3, -0.25) is 9.62 Å². The van der Waals surface area contributed by atoms with E-state index in [1.165, 1.54) is 6.07 Å². The molecule has 2 aromatic carbocycles. The quantitative estimate of drug-likeness (QED) is 0.814. The number of anilines is 1. The Morgan fingerprint density at radius 1 is 1.15 bits per heavy atom. The predicted molar refractivity (Wildman–Crippen MR) is 97.2 cm³/mol. The van der Waals surface area contributed by atoms with E-state index in [2.05, 4.69) is 23.5 Å². The third-order valence-electron chi connectivity index (χ3n) is 4.79. The number of halogens is 2. The summed E-state index contributed by atoms with van der Waals surface area (Å²) in [5.41, 5.74) is 2.35. The van der Waals surface area contributed by atoms with Crippen LogP contribution in [0.3, 0.4) is 0 Å². The van der Waals surface area contributed by atoms with Crippen LogP contribution >= 0.6 is 0 Å². The van der Waals surface area contributed by atoms with Crippen molar-refractivity contribution in [2.24, 2.45) is 0 Å². The Labute approximate surface area is 152 Å². The highest BCUT2D eigenvalue weighted by Gasteiger charge is 2.28. The van der Waals surface area contributed by atoms with Crippen molar-refractivity contribution in [2.45, 2.75) is 50.7 Å². The summed E-state index contributed by atoms with van der Waals surface area (Å²) in [7, 11) is -4.22. The molecule has 0 fully saturated rings. The molecule has 1 aliphatic heterocycles. The zero-order chi connectivity index (χ0) is 18.9. The summed E-state index contributed by atoms with van der Waals surface area (Å²) >= 11 is 0. The molecule has 1 aliphatic rings. The van der Waals surface area contributed by atoms with Crippen LogP contribution in [0.25, 0.3) is 0 Å². The molecule has 0 unspecified atom stereocenters. The maximum absolute atomic E-state index is 13.9. The molecule has 0 spiro atoms. The van der Waals surface area contributed by atoms with Gasteiger partial charge in [-0.2, -0.15) is 0 Å². The first-order valence-electron chi connectivity index (χ1n) is 8.65. The molecular weight excluding hydrogens is 358 g/mol. The van der Waals surface area contributed by atoms with Crippen LogP contribution in [-0.2, 0) is 23.1 Å². The lowest BCUT2D eigenvalue weighted by Gasteiger charge is -2.23. The fraction of sp³-hybridized carbons (Fsp3) is 0.368. The summed E-state index contributed by atoms with van der Waals surface area (Å²) in [5.74, 6) is -2.56. The van der Waals surface area contributed by atoms with Crippen LogP contribution in [0.1, 0.15) is 37.8 Å². The number of nitrogens with zero attached hydrogens (tertiary/aromatic N) is 1. The monoisotopic (exact) mass is 380 g/mol. The Morgan fingerprint density at radius 2 is 1.88 bits per heavy atom. The van der Waals surface area contributed by atoms with Gasteiger partial charge >= 0.3 is 0 Å². The smallest absolute Gasteiger partial charge is 0.264 e. The molecule has 0 saturated heterocycles. The first kappa shape index (κ1) is 18.8. The van der Waals surface area contributed by atoms with E-state index in [0.29, 0.717) is 18.3 Å². The molecule has 1 atom stereocenters. The van der Waals surface area contributed by atoms with Crippen molar-refractivity contribution >= 4 is 15.7 Å². The van der Waals surface area contributed by atoms with Gasteiger partial charge in [0.15, 0.2) is 11.6 Å². The van der Waals surface area contributed by atoms with Crippen LogP contribution in [0.5, 0.6) is 0 Å². The van der Waals surface area contributed by atoms with Crippen molar-refractivity contribution in [3.05, 3.63) is 59.2 Å². The van der Waals surface area contributed by atoms with Crippen molar-refractivity contribution in [1.82, 2.24) is 4.90 Å². The number of rotatable bonds is 6. The Morgan fingerprint density at radius 3 is 2.62 bits per heavy atom. The maximum Gasteiger partial charge on any atom is 0.264 e. The van der Waals surface area contributed by atoms with E-state index in [-0.39, 0.29) is 0 Å². The number of hydrogen-bond donors (Lipinski definition) is 1. The second kappa shape index (κ2) is 7.32. The van der Waals surface area contributed by atoms with Crippen molar-refractivity contribution in [2.75, 3.05) is 4.72 Å². The maximum atomic E-state index is 13.9. The molecular formula is C19H22F2N2O2S. The van der Waals surface area contributed by atoms with E-state index in [1.54, 1.807) is 12.1 Å². The molecule has 3 rings (SSSR count). The molecule has 7 heteroatoms. The van der Waals surface area contributed by atoms with Gasteiger partial charge in [-0.1, -0.05) is 31.5 Å². The fourth-order valence-corrected chi connectivity index (χ4v) is 4.53. The Hall–Kier alpha value is -1.99. The lowest BCUT2D eigenvalue weighted by atomic mass is 10.1. The first-order valence-corrected chi connectivity index (χ1v) is 10.1. The van der Waals surface area contributed by atoms with Crippen LogP contribution in [0.15, 0.2) is 41.3 Å². The fourth-order valence-electron chi connectivity index (χ4n) is 3.35. The van der Waals surface area contributed by atoms with Crippen molar-refractivity contribution < 1.29 is 17.2 Å². The van der Waals surface area contributed by atoms with Gasteiger partial charge in [0, 0.05) is 19.1 Å². The van der Waals surface area contributed by atoms with E-state index >= 15 is 0 Å². The summed E-state index contributed by atoms with van der Waals surface area (Å²) in [5, 5.41) is 0. The number of hydrogen-bond acceptors (Lipinski definition) is 3. The predicted octanol–water partition coefficient (Wildman–Crippen LogP) is 4.27. The number of sulfonamides is 1. The molecule has 0 aromatic heterocycles. The van der Waals surface area contributed by atoms with Gasteiger partial charge in [0.05, 0.1) is 5.69 Å². The van der Waals surface area contributed by atoms with E-state index in [4.69, 9.17) is 0 Å². The second-order valence-electron chi connectivity index (χ2n) is 6.64. The topological polar surface area (TPSA) is 49.4 Å². The lowest BCUT2D eigenvalue weighted by Crippen LogP contribution is -2.27. The molecule has 1 heterocycles. The van der Waals surface area contributed by atoms with E-state index in [9.17, 15) is 17.2 Å². The molecule has 0 bridgehead atoms. The van der Waals surface area contributed by atoms with Crippen LogP contribution in [0, 0.1) is 11.6 Å². The van der Waals surface area contributed by atoms with Crippen LogP contribution in [0.2, 0.25) is 0 Å². The lowest BCUT2D eigenvalue weighted by molar-refractivity contribution is 0.202. The minimum absolute atomic E-state index is 0.387. The Bertz CT molecular complexity index is 916. The largest absolute Gasteiger partial charge is 0.292 e. The van der Waals surface area contributed by atoms with Crippen LogP contribution in [-0.4, -0.2) is 19.4 Å². The average Bonchev–Trinajstić information content (AvgIpc) is 3.02. The third-order valence-corrected chi connectivity index (χ3v) is 6.17. The van der Waals surface area contributed by atoms with Crippen molar-refractivity contribution in [3.63, 3.8) is 0 Å². The van der Waals surface area contributed by atoms with E-state index < -0.39 is 26.6 Å². The van der Waals surface area contributed by atoms with E-state index in [0.717, 1.165) is 42.6 Å². The molecule has 140 valence electrons. The molecule has 2 aromatic rings. The zero-order valence-corrected chi connectivity index (χ0v) is 15.6. The van der Waals surface area contributed by atoms with Gasteiger partial charge in [-0.05, 0) is 42.7 Å². The molecule has 0 radical (unpaired) electrons. The van der Waals surface area contributed by atoms with Crippen LogP contribution in [0.4, 0.5) is 14.5 Å². The highest BCUT2D eigenvalue weighted by Crippen LogP contribution is 2.33. The van der Waals surface area contributed by atoms with Gasteiger partial charge < -0.3 is 0 Å². The van der Waals surface area contributed by atoms with Gasteiger partial charge in [-0.15, -0.1) is 0 Å². The third kappa shape index (κ3) is 3.59. The summed E-state index contributed by atoms with van der Waals surface area (Å²) < 4.78 is 54.9. The van der Waals surface area contributed by atoms with Gasteiger partial charge in [0.25, 0.3) is 10.0 Å². The normalized spacial score (nSPS) is 15.7. The Balaban J connectivity index is 1.89. The summed E-state index contributed by atoms with van der Waals surface area (Å²) in [4.78, 5) is 1.60. The minimum Gasteiger partial charge on any atom is -0.292 e. The summed E-state index contributed by atoms with van der Waals surface area (Å²) in [6, 6.07) is 8.90. The van der Waals surface area contributed by atoms with Gasteiger partial charge in [0.1, 0.15) is 4.90 Å². The molecule has 4 nitrogen and oxygen atoms in total. The number of benzene rings is 2. The van der Waals surface area contributed by atoms with E-state index in [1.807, 2.05) is 6.07 Å². The second-order valence-corrected chi connectivity index (χ2v) is 8.29. The molecule has 26 heavy (non-hydrogen) atoms. The highest BCUT2D eigenvalue weighted by atomic mass is 32.2. The number of fused-ring (bicyclic) bond motifs is 1. The SMILES string of the molecule is CCC[C@H](C)N1Cc2cccc(NS(=O)(=O)c3cccc(F)c3F)c2C1. The van der Waals surface area contributed by atoms with Gasteiger partial charge in [-0.25, -0.2) is 17.2 Å². The summed E-state index contributed by atoms with van der Waals surface area (Å²) in [6.07, 6.45) is 2.13. The van der Waals surface area contributed by atoms with Crippen LogP contribution < -0.4 is 4.72 Å². The molecule has 0 saturated carbocycles.